The van der Waals surface area contributed by atoms with E-state index in [4.69, 9.17) is 11.6 Å². The Labute approximate surface area is 141 Å². The van der Waals surface area contributed by atoms with Crippen LogP contribution in [-0.4, -0.2) is 36.5 Å². The van der Waals surface area contributed by atoms with Gasteiger partial charge in [0.05, 0.1) is 0 Å². The predicted molar refractivity (Wildman–Crippen MR) is 94.0 cm³/mol. The third kappa shape index (κ3) is 3.22. The predicted octanol–water partition coefficient (Wildman–Crippen LogP) is 3.71. The van der Waals surface area contributed by atoms with Crippen molar-refractivity contribution in [2.75, 3.05) is 19.6 Å². The van der Waals surface area contributed by atoms with Crippen LogP contribution in [0.3, 0.4) is 0 Å². The molecule has 1 N–H and O–H groups in total. The second kappa shape index (κ2) is 6.14. The Morgan fingerprint density at radius 3 is 2.70 bits per heavy atom. The summed E-state index contributed by atoms with van der Waals surface area (Å²) < 4.78 is 0. The van der Waals surface area contributed by atoms with Crippen LogP contribution >= 0.6 is 11.6 Å². The first-order chi connectivity index (χ1) is 11.2. The van der Waals surface area contributed by atoms with Gasteiger partial charge in [0.25, 0.3) is 5.91 Å². The molecule has 23 heavy (non-hydrogen) atoms. The van der Waals surface area contributed by atoms with E-state index in [1.807, 2.05) is 36.4 Å². The molecular formula is C19H21ClN2O. The molecule has 1 amide bonds. The molecule has 1 atom stereocenters. The molecule has 4 heteroatoms. The lowest BCUT2D eigenvalue weighted by Crippen LogP contribution is -2.41. The average molecular weight is 329 g/mol. The fraction of sp³-hybridized carbons (Fsp3) is 0.421. The molecule has 0 radical (unpaired) electrons. The molecule has 3 nitrogen and oxygen atoms in total. The van der Waals surface area contributed by atoms with Gasteiger partial charge >= 0.3 is 0 Å². The van der Waals surface area contributed by atoms with Gasteiger partial charge in [-0.2, -0.15) is 0 Å². The number of nitrogens with zero attached hydrogens (tertiary/aromatic N) is 1. The maximum absolute atomic E-state index is 12.6. The highest BCUT2D eigenvalue weighted by Crippen LogP contribution is 2.27. The van der Waals surface area contributed by atoms with Gasteiger partial charge in [-0.15, -0.1) is 0 Å². The number of hydrogen-bond acceptors (Lipinski definition) is 2. The molecule has 2 aromatic carbocycles. The third-order valence-corrected chi connectivity index (χ3v) is 5.44. The monoisotopic (exact) mass is 328 g/mol. The van der Waals surface area contributed by atoms with E-state index in [1.54, 1.807) is 0 Å². The van der Waals surface area contributed by atoms with Gasteiger partial charge < -0.3 is 10.2 Å². The largest absolute Gasteiger partial charge is 0.348 e. The zero-order chi connectivity index (χ0) is 15.8. The average Bonchev–Trinajstić information content (AvgIpc) is 2.86. The van der Waals surface area contributed by atoms with Gasteiger partial charge in [0.1, 0.15) is 0 Å². The zero-order valence-corrected chi connectivity index (χ0v) is 13.9. The summed E-state index contributed by atoms with van der Waals surface area (Å²) in [5, 5.41) is 6.05. The topological polar surface area (TPSA) is 32.3 Å². The van der Waals surface area contributed by atoms with Gasteiger partial charge in [0.15, 0.2) is 0 Å². The van der Waals surface area contributed by atoms with Crippen molar-refractivity contribution in [1.82, 2.24) is 10.2 Å². The van der Waals surface area contributed by atoms with E-state index in [1.165, 1.54) is 25.9 Å². The summed E-state index contributed by atoms with van der Waals surface area (Å²) in [6.07, 6.45) is 3.67. The Kier molecular flexibility index (Phi) is 4.00. The van der Waals surface area contributed by atoms with Gasteiger partial charge in [0.2, 0.25) is 0 Å². The molecule has 0 aromatic heterocycles. The molecule has 120 valence electrons. The summed E-state index contributed by atoms with van der Waals surface area (Å²) in [5.74, 6) is 0.800. The SMILES string of the molecule is O=C(NC1CC2CCN(CC2)C1)c1ccc2ccc(Cl)cc2c1. The van der Waals surface area contributed by atoms with E-state index in [-0.39, 0.29) is 11.9 Å². The summed E-state index contributed by atoms with van der Waals surface area (Å²) in [6, 6.07) is 11.9. The van der Waals surface area contributed by atoms with Crippen molar-refractivity contribution in [2.45, 2.75) is 25.3 Å². The minimum absolute atomic E-state index is 0.0272. The highest BCUT2D eigenvalue weighted by Gasteiger charge is 2.29. The van der Waals surface area contributed by atoms with Crippen molar-refractivity contribution >= 4 is 28.3 Å². The number of carbonyl (C=O) groups is 1. The molecule has 0 spiro atoms. The third-order valence-electron chi connectivity index (χ3n) is 5.20. The van der Waals surface area contributed by atoms with E-state index in [0.717, 1.165) is 29.7 Å². The Morgan fingerprint density at radius 2 is 1.87 bits per heavy atom. The number of amides is 1. The Hall–Kier alpha value is -1.58. The summed E-state index contributed by atoms with van der Waals surface area (Å²) in [6.45, 7) is 3.36. The molecule has 3 heterocycles. The lowest BCUT2D eigenvalue weighted by molar-refractivity contribution is 0.0929. The normalized spacial score (nSPS) is 26.9. The van der Waals surface area contributed by atoms with Gasteiger partial charge in [-0.3, -0.25) is 4.79 Å². The van der Waals surface area contributed by atoms with Crippen molar-refractivity contribution in [1.29, 1.82) is 0 Å². The standard InChI is InChI=1S/C19H21ClN2O/c20-17-4-3-14-1-2-15(10-16(14)11-17)19(23)21-18-9-13-5-7-22(12-18)8-6-13/h1-4,10-11,13,18H,5-9,12H2,(H,21,23). The second-order valence-electron chi connectivity index (χ2n) is 6.86. The van der Waals surface area contributed by atoms with E-state index < -0.39 is 0 Å². The Morgan fingerprint density at radius 1 is 1.09 bits per heavy atom. The Balaban J connectivity index is 1.52. The van der Waals surface area contributed by atoms with E-state index in [9.17, 15) is 4.79 Å². The van der Waals surface area contributed by atoms with Crippen LogP contribution < -0.4 is 5.32 Å². The molecular weight excluding hydrogens is 308 g/mol. The molecule has 3 aliphatic heterocycles. The molecule has 3 fully saturated rings. The first-order valence-corrected chi connectivity index (χ1v) is 8.78. The molecule has 1 unspecified atom stereocenters. The van der Waals surface area contributed by atoms with Crippen LogP contribution in [0.4, 0.5) is 0 Å². The van der Waals surface area contributed by atoms with Crippen molar-refractivity contribution in [3.8, 4) is 0 Å². The quantitative estimate of drug-likeness (QED) is 0.911. The van der Waals surface area contributed by atoms with Crippen molar-refractivity contribution in [2.24, 2.45) is 5.92 Å². The van der Waals surface area contributed by atoms with Crippen LogP contribution in [0.25, 0.3) is 10.8 Å². The van der Waals surface area contributed by atoms with Gasteiger partial charge in [0, 0.05) is 23.2 Å². The van der Waals surface area contributed by atoms with Gasteiger partial charge in [-0.05, 0) is 73.3 Å². The minimum atomic E-state index is 0.0272. The fourth-order valence-electron chi connectivity index (χ4n) is 3.93. The van der Waals surface area contributed by atoms with Gasteiger partial charge in [-0.25, -0.2) is 0 Å². The smallest absolute Gasteiger partial charge is 0.251 e. The molecule has 0 aliphatic carbocycles. The number of halogens is 1. The van der Waals surface area contributed by atoms with Crippen LogP contribution in [0.2, 0.25) is 5.02 Å². The molecule has 3 aliphatic rings. The number of fused-ring (bicyclic) bond motifs is 5. The number of rotatable bonds is 2. The number of carbonyl (C=O) groups excluding carboxylic acids is 1. The summed E-state index contributed by atoms with van der Waals surface area (Å²) in [4.78, 5) is 15.1. The zero-order valence-electron chi connectivity index (χ0n) is 13.1. The van der Waals surface area contributed by atoms with Crippen molar-refractivity contribution in [3.05, 3.63) is 47.0 Å². The van der Waals surface area contributed by atoms with Crippen molar-refractivity contribution in [3.63, 3.8) is 0 Å². The van der Waals surface area contributed by atoms with Crippen molar-refractivity contribution < 1.29 is 4.79 Å². The molecule has 0 saturated carbocycles. The van der Waals surface area contributed by atoms with E-state index in [2.05, 4.69) is 10.2 Å². The first kappa shape index (κ1) is 15.0. The highest BCUT2D eigenvalue weighted by molar-refractivity contribution is 6.31. The highest BCUT2D eigenvalue weighted by atomic mass is 35.5. The number of hydrogen-bond donors (Lipinski definition) is 1. The van der Waals surface area contributed by atoms with E-state index >= 15 is 0 Å². The lowest BCUT2D eigenvalue weighted by Gasteiger charge is -2.26. The molecule has 2 aromatic rings. The summed E-state index contributed by atoms with van der Waals surface area (Å²) >= 11 is 6.06. The number of benzene rings is 2. The van der Waals surface area contributed by atoms with Crippen LogP contribution in [0, 0.1) is 5.92 Å². The first-order valence-electron chi connectivity index (χ1n) is 8.40. The summed E-state index contributed by atoms with van der Waals surface area (Å²) in [7, 11) is 0. The van der Waals surface area contributed by atoms with Crippen LogP contribution in [0.15, 0.2) is 36.4 Å². The maximum atomic E-state index is 12.6. The van der Waals surface area contributed by atoms with Gasteiger partial charge in [-0.1, -0.05) is 23.7 Å². The van der Waals surface area contributed by atoms with E-state index in [0.29, 0.717) is 10.6 Å². The number of nitrogens with one attached hydrogen (secondary N) is 1. The molecule has 3 saturated heterocycles. The minimum Gasteiger partial charge on any atom is -0.348 e. The molecule has 2 bridgehead atoms. The van der Waals surface area contributed by atoms with Crippen LogP contribution in [0.5, 0.6) is 0 Å². The van der Waals surface area contributed by atoms with Crippen LogP contribution in [0.1, 0.15) is 29.6 Å². The Bertz CT molecular complexity index is 723. The second-order valence-corrected chi connectivity index (χ2v) is 7.29. The summed E-state index contributed by atoms with van der Waals surface area (Å²) in [5.41, 5.74) is 0.714. The maximum Gasteiger partial charge on any atom is 0.251 e. The van der Waals surface area contributed by atoms with Crippen LogP contribution in [-0.2, 0) is 0 Å². The number of piperidine rings is 1. The fourth-order valence-corrected chi connectivity index (χ4v) is 4.11. The molecule has 5 rings (SSSR count). The lowest BCUT2D eigenvalue weighted by atomic mass is 9.94.